The molecule has 6 rings (SSSR count). The maximum atomic E-state index is 12.9. The van der Waals surface area contributed by atoms with Crippen LogP contribution >= 0.6 is 0 Å². The van der Waals surface area contributed by atoms with Crippen molar-refractivity contribution in [1.29, 1.82) is 0 Å². The fourth-order valence-corrected chi connectivity index (χ4v) is 4.28. The number of nitrogens with zero attached hydrogens (tertiary/aromatic N) is 3. The van der Waals surface area contributed by atoms with Gasteiger partial charge in [-0.2, -0.15) is 0 Å². The van der Waals surface area contributed by atoms with Gasteiger partial charge >= 0.3 is 11.4 Å². The van der Waals surface area contributed by atoms with Gasteiger partial charge in [0.1, 0.15) is 0 Å². The fourth-order valence-electron chi connectivity index (χ4n) is 4.28. The smallest absolute Gasteiger partial charge is 0.245 e. The zero-order chi connectivity index (χ0) is 15.0. The predicted octanol–water partition coefficient (Wildman–Crippen LogP) is 1.66. The van der Waals surface area contributed by atoms with Gasteiger partial charge in [-0.15, -0.1) is 0 Å². The first kappa shape index (κ1) is 12.0. The molecule has 0 N–H and O–H groups in total. The van der Waals surface area contributed by atoms with Crippen molar-refractivity contribution in [1.82, 2.24) is 13.9 Å². The standard InChI is InChI=1S/C17H15N3O2/c1-10-9-12-13-7-8-14(15(10)12)20-17(22)18(16(21)19(13)20)11-5-3-2-4-6-11/h2-9,12-15H,1H3/t12-,13-,14-,15+/m1/s1. The molecule has 2 aromatic rings. The van der Waals surface area contributed by atoms with Crippen molar-refractivity contribution in [2.75, 3.05) is 0 Å². The van der Waals surface area contributed by atoms with Gasteiger partial charge in [0.05, 0.1) is 17.8 Å². The maximum absolute atomic E-state index is 12.9. The first-order valence-corrected chi connectivity index (χ1v) is 7.56. The monoisotopic (exact) mass is 293 g/mol. The highest BCUT2D eigenvalue weighted by molar-refractivity contribution is 5.35. The summed E-state index contributed by atoms with van der Waals surface area (Å²) in [6, 6.07) is 9.07. The molecule has 0 radical (unpaired) electrons. The molecule has 0 spiro atoms. The number of para-hydroxylation sites is 1. The molecule has 4 aliphatic rings. The van der Waals surface area contributed by atoms with Gasteiger partial charge in [-0.05, 0) is 19.1 Å². The Kier molecular flexibility index (Phi) is 2.08. The highest BCUT2D eigenvalue weighted by atomic mass is 16.2. The minimum absolute atomic E-state index is 0.0369. The van der Waals surface area contributed by atoms with Gasteiger partial charge in [0.25, 0.3) is 0 Å². The highest BCUT2D eigenvalue weighted by Gasteiger charge is 2.50. The van der Waals surface area contributed by atoms with Crippen LogP contribution in [0.1, 0.15) is 19.0 Å². The van der Waals surface area contributed by atoms with E-state index in [1.54, 1.807) is 21.5 Å². The SMILES string of the molecule is CC1=C[C@H]2[C@H]1[C@H]1C=C[C@H]2n2c(=O)n(-c3ccccc3)c(=O)n21. The predicted molar refractivity (Wildman–Crippen MR) is 82.2 cm³/mol. The Morgan fingerprint density at radius 2 is 1.55 bits per heavy atom. The highest BCUT2D eigenvalue weighted by Crippen LogP contribution is 2.53. The zero-order valence-corrected chi connectivity index (χ0v) is 12.1. The lowest BCUT2D eigenvalue weighted by molar-refractivity contribution is 0.126. The Morgan fingerprint density at radius 3 is 2.23 bits per heavy atom. The van der Waals surface area contributed by atoms with Crippen LogP contribution in [-0.4, -0.2) is 13.9 Å². The first-order chi connectivity index (χ1) is 10.7. The summed E-state index contributed by atoms with van der Waals surface area (Å²) in [4.78, 5) is 25.7. The number of benzene rings is 1. The fraction of sp³-hybridized carbons (Fsp3) is 0.294. The molecule has 3 heterocycles. The number of aromatic nitrogens is 3. The van der Waals surface area contributed by atoms with Crippen molar-refractivity contribution in [3.63, 3.8) is 0 Å². The Hall–Kier alpha value is -2.56. The van der Waals surface area contributed by atoms with Crippen molar-refractivity contribution in [3.05, 3.63) is 75.1 Å². The quantitative estimate of drug-likeness (QED) is 0.751. The summed E-state index contributed by atoms with van der Waals surface area (Å²) in [7, 11) is 0. The third kappa shape index (κ3) is 1.21. The van der Waals surface area contributed by atoms with Crippen LogP contribution in [0.15, 0.2) is 63.7 Å². The summed E-state index contributed by atoms with van der Waals surface area (Å²) in [6.07, 6.45) is 6.38. The molecule has 5 heteroatoms. The Morgan fingerprint density at radius 1 is 0.909 bits per heavy atom. The molecule has 1 aromatic carbocycles. The molecule has 2 bridgehead atoms. The van der Waals surface area contributed by atoms with Gasteiger partial charge in [0, 0.05) is 11.8 Å². The van der Waals surface area contributed by atoms with Crippen molar-refractivity contribution < 1.29 is 0 Å². The van der Waals surface area contributed by atoms with E-state index in [9.17, 15) is 9.59 Å². The van der Waals surface area contributed by atoms with Crippen LogP contribution in [0.2, 0.25) is 0 Å². The van der Waals surface area contributed by atoms with Crippen molar-refractivity contribution in [2.24, 2.45) is 11.8 Å². The summed E-state index contributed by atoms with van der Waals surface area (Å²) in [6.45, 7) is 2.11. The number of rotatable bonds is 1. The van der Waals surface area contributed by atoms with Crippen LogP contribution < -0.4 is 11.4 Å². The second-order valence-electron chi connectivity index (χ2n) is 6.31. The average Bonchev–Trinajstić information content (AvgIpc) is 2.80. The molecule has 0 amide bonds. The summed E-state index contributed by atoms with van der Waals surface area (Å²) in [5.74, 6) is 0.706. The van der Waals surface area contributed by atoms with Gasteiger partial charge in [0.15, 0.2) is 0 Å². The molecule has 22 heavy (non-hydrogen) atoms. The van der Waals surface area contributed by atoms with E-state index in [1.165, 1.54) is 10.1 Å². The van der Waals surface area contributed by atoms with Gasteiger partial charge in [-0.25, -0.2) is 23.5 Å². The van der Waals surface area contributed by atoms with Crippen molar-refractivity contribution >= 4 is 0 Å². The van der Waals surface area contributed by atoms with E-state index in [2.05, 4.69) is 25.2 Å². The third-order valence-electron chi connectivity index (χ3n) is 5.25. The number of allylic oxidation sites excluding steroid dienone is 4. The molecule has 5 nitrogen and oxygen atoms in total. The Labute approximate surface area is 126 Å². The molecule has 0 saturated carbocycles. The summed E-state index contributed by atoms with van der Waals surface area (Å²) in [5.41, 5.74) is 1.46. The molecule has 110 valence electrons. The van der Waals surface area contributed by atoms with Gasteiger partial charge in [-0.1, -0.05) is 42.0 Å². The van der Waals surface area contributed by atoms with Crippen LogP contribution in [-0.2, 0) is 0 Å². The lowest BCUT2D eigenvalue weighted by atomic mass is 9.64. The molecule has 0 saturated heterocycles. The minimum atomic E-state index is -0.244. The molecule has 1 aromatic heterocycles. The molecule has 4 atom stereocenters. The molecular formula is C17H15N3O2. The second kappa shape index (κ2) is 3.80. The van der Waals surface area contributed by atoms with Crippen LogP contribution in [0.5, 0.6) is 0 Å². The minimum Gasteiger partial charge on any atom is -0.245 e. The number of hydrogen-bond acceptors (Lipinski definition) is 2. The second-order valence-corrected chi connectivity index (χ2v) is 6.31. The van der Waals surface area contributed by atoms with Crippen molar-refractivity contribution in [3.8, 4) is 5.69 Å². The van der Waals surface area contributed by atoms with Gasteiger partial charge < -0.3 is 0 Å². The summed E-state index contributed by atoms with van der Waals surface area (Å²) < 4.78 is 4.58. The first-order valence-electron chi connectivity index (χ1n) is 7.56. The largest absolute Gasteiger partial charge is 0.352 e. The Balaban J connectivity index is 1.80. The van der Waals surface area contributed by atoms with Gasteiger partial charge in [0.2, 0.25) is 0 Å². The Bertz CT molecular complexity index is 958. The van der Waals surface area contributed by atoms with E-state index >= 15 is 0 Å². The molecule has 0 fully saturated rings. The van der Waals surface area contributed by atoms with E-state index in [0.29, 0.717) is 17.5 Å². The maximum Gasteiger partial charge on any atom is 0.352 e. The topological polar surface area (TPSA) is 48.9 Å². The van der Waals surface area contributed by atoms with Crippen LogP contribution in [0.3, 0.4) is 0 Å². The van der Waals surface area contributed by atoms with E-state index in [4.69, 9.17) is 0 Å². The molecule has 0 unspecified atom stereocenters. The lowest BCUT2D eigenvalue weighted by Crippen LogP contribution is -2.51. The molecule has 2 aliphatic heterocycles. The van der Waals surface area contributed by atoms with Crippen LogP contribution in [0.4, 0.5) is 0 Å². The van der Waals surface area contributed by atoms with E-state index in [1.807, 2.05) is 18.2 Å². The van der Waals surface area contributed by atoms with E-state index in [-0.39, 0.29) is 23.5 Å². The molecule has 2 aliphatic carbocycles. The zero-order valence-electron chi connectivity index (χ0n) is 12.1. The van der Waals surface area contributed by atoms with E-state index in [0.717, 1.165) is 0 Å². The molecular weight excluding hydrogens is 278 g/mol. The average molecular weight is 293 g/mol. The van der Waals surface area contributed by atoms with Crippen LogP contribution in [0, 0.1) is 11.8 Å². The summed E-state index contributed by atoms with van der Waals surface area (Å²) in [5, 5.41) is 0. The van der Waals surface area contributed by atoms with Crippen molar-refractivity contribution in [2.45, 2.75) is 19.0 Å². The van der Waals surface area contributed by atoms with Crippen LogP contribution in [0.25, 0.3) is 5.69 Å². The van der Waals surface area contributed by atoms with E-state index < -0.39 is 0 Å². The van der Waals surface area contributed by atoms with Gasteiger partial charge in [-0.3, -0.25) is 0 Å². The summed E-state index contributed by atoms with van der Waals surface area (Å²) >= 11 is 0. The third-order valence-corrected chi connectivity index (χ3v) is 5.25. The normalized spacial score (nSPS) is 30.5. The number of hydrogen-bond donors (Lipinski definition) is 0. The lowest BCUT2D eigenvalue weighted by Gasteiger charge is -2.50.